The van der Waals surface area contributed by atoms with E-state index in [1.54, 1.807) is 25.1 Å². The summed E-state index contributed by atoms with van der Waals surface area (Å²) in [5.41, 5.74) is 5.88. The summed E-state index contributed by atoms with van der Waals surface area (Å²) in [5.74, 6) is -0.0702. The first-order chi connectivity index (χ1) is 8.56. The van der Waals surface area contributed by atoms with Gasteiger partial charge in [0.25, 0.3) is 5.22 Å². The van der Waals surface area contributed by atoms with Gasteiger partial charge in [0.05, 0.1) is 5.25 Å². The van der Waals surface area contributed by atoms with Crippen molar-refractivity contribution < 1.29 is 9.21 Å². The highest BCUT2D eigenvalue weighted by molar-refractivity contribution is 8.00. The number of carbonyl (C=O) groups is 1. The summed E-state index contributed by atoms with van der Waals surface area (Å²) in [6, 6.07) is 7.08. The van der Waals surface area contributed by atoms with Crippen LogP contribution >= 0.6 is 23.4 Å². The van der Waals surface area contributed by atoms with Crippen LogP contribution < -0.4 is 5.73 Å². The molecule has 0 aliphatic heterocycles. The Kier molecular flexibility index (Phi) is 3.88. The first-order valence-electron chi connectivity index (χ1n) is 5.11. The van der Waals surface area contributed by atoms with Gasteiger partial charge in [-0.05, 0) is 25.1 Å². The Balaban J connectivity index is 2.18. The number of hydrogen-bond acceptors (Lipinski definition) is 5. The number of hydrogen-bond donors (Lipinski definition) is 1. The van der Waals surface area contributed by atoms with Crippen molar-refractivity contribution in [1.29, 1.82) is 0 Å². The van der Waals surface area contributed by atoms with E-state index in [9.17, 15) is 4.79 Å². The van der Waals surface area contributed by atoms with Crippen molar-refractivity contribution in [1.82, 2.24) is 10.2 Å². The van der Waals surface area contributed by atoms with Gasteiger partial charge in [-0.2, -0.15) is 0 Å². The molecule has 0 saturated carbocycles. The van der Waals surface area contributed by atoms with Crippen LogP contribution in [-0.2, 0) is 4.79 Å². The maximum absolute atomic E-state index is 10.9. The molecule has 18 heavy (non-hydrogen) atoms. The van der Waals surface area contributed by atoms with E-state index in [4.69, 9.17) is 21.8 Å². The van der Waals surface area contributed by atoms with Gasteiger partial charge in [-0.1, -0.05) is 29.4 Å². The Morgan fingerprint density at radius 3 is 2.94 bits per heavy atom. The number of nitrogens with zero attached hydrogens (tertiary/aromatic N) is 2. The summed E-state index contributed by atoms with van der Waals surface area (Å²) in [5, 5.41) is 8.20. The van der Waals surface area contributed by atoms with Gasteiger partial charge in [0.1, 0.15) is 0 Å². The minimum absolute atomic E-state index is 0.302. The Bertz CT molecular complexity index is 573. The number of thioether (sulfide) groups is 1. The molecular formula is C11H10ClN3O2S. The van der Waals surface area contributed by atoms with Crippen molar-refractivity contribution in [3.63, 3.8) is 0 Å². The Morgan fingerprint density at radius 2 is 2.28 bits per heavy atom. The number of nitrogens with two attached hydrogens (primary N) is 1. The van der Waals surface area contributed by atoms with E-state index in [2.05, 4.69) is 10.2 Å². The molecular weight excluding hydrogens is 274 g/mol. The highest BCUT2D eigenvalue weighted by atomic mass is 35.5. The molecule has 0 spiro atoms. The first kappa shape index (κ1) is 12.9. The number of carbonyl (C=O) groups excluding carboxylic acids is 1. The van der Waals surface area contributed by atoms with Gasteiger partial charge in [0.15, 0.2) is 0 Å². The Labute approximate surface area is 113 Å². The fourth-order valence-corrected chi connectivity index (χ4v) is 2.03. The summed E-state index contributed by atoms with van der Waals surface area (Å²) in [4.78, 5) is 10.9. The van der Waals surface area contributed by atoms with Gasteiger partial charge in [-0.15, -0.1) is 10.2 Å². The largest absolute Gasteiger partial charge is 0.411 e. The zero-order valence-corrected chi connectivity index (χ0v) is 11.0. The molecule has 1 aromatic heterocycles. The average molecular weight is 284 g/mol. The van der Waals surface area contributed by atoms with E-state index in [1.807, 2.05) is 6.07 Å². The SMILES string of the molecule is C[C@H](Sc1nnc(-c2cccc(Cl)c2)o1)C(N)=O. The second kappa shape index (κ2) is 5.41. The number of amides is 1. The van der Waals surface area contributed by atoms with Gasteiger partial charge in [0.2, 0.25) is 11.8 Å². The van der Waals surface area contributed by atoms with Crippen LogP contribution in [-0.4, -0.2) is 21.4 Å². The first-order valence-corrected chi connectivity index (χ1v) is 6.37. The third-order valence-electron chi connectivity index (χ3n) is 2.16. The molecule has 0 aliphatic carbocycles. The number of primary amides is 1. The molecule has 0 saturated heterocycles. The lowest BCUT2D eigenvalue weighted by molar-refractivity contribution is -0.117. The van der Waals surface area contributed by atoms with Crippen molar-refractivity contribution in [3.8, 4) is 11.5 Å². The number of halogens is 1. The highest BCUT2D eigenvalue weighted by Crippen LogP contribution is 2.27. The van der Waals surface area contributed by atoms with Crippen molar-refractivity contribution >= 4 is 29.3 Å². The van der Waals surface area contributed by atoms with E-state index in [1.165, 1.54) is 0 Å². The predicted octanol–water partition coefficient (Wildman–Crippen LogP) is 2.36. The standard InChI is InChI=1S/C11H10ClN3O2S/c1-6(9(13)16)18-11-15-14-10(17-11)7-3-2-4-8(12)5-7/h2-6H,1H3,(H2,13,16)/t6-/m0/s1. The molecule has 0 bridgehead atoms. The van der Waals surface area contributed by atoms with Crippen molar-refractivity contribution in [2.24, 2.45) is 5.73 Å². The minimum Gasteiger partial charge on any atom is -0.411 e. The third-order valence-corrected chi connectivity index (χ3v) is 3.34. The molecule has 0 aliphatic rings. The smallest absolute Gasteiger partial charge is 0.277 e. The molecule has 2 aromatic rings. The van der Waals surface area contributed by atoms with Crippen molar-refractivity contribution in [2.75, 3.05) is 0 Å². The molecule has 7 heteroatoms. The number of aromatic nitrogens is 2. The fraction of sp³-hybridized carbons (Fsp3) is 0.182. The van der Waals surface area contributed by atoms with E-state index >= 15 is 0 Å². The predicted molar refractivity (Wildman–Crippen MR) is 69.3 cm³/mol. The third kappa shape index (κ3) is 3.02. The van der Waals surface area contributed by atoms with E-state index in [0.717, 1.165) is 17.3 Å². The Morgan fingerprint density at radius 1 is 1.50 bits per heavy atom. The topological polar surface area (TPSA) is 82.0 Å². The lowest BCUT2D eigenvalue weighted by Gasteiger charge is -2.01. The summed E-state index contributed by atoms with van der Waals surface area (Å²) >= 11 is 6.99. The second-order valence-electron chi connectivity index (χ2n) is 3.55. The molecule has 2 N–H and O–H groups in total. The van der Waals surface area contributed by atoms with E-state index < -0.39 is 11.2 Å². The number of rotatable bonds is 4. The van der Waals surface area contributed by atoms with Crippen LogP contribution in [0.25, 0.3) is 11.5 Å². The van der Waals surface area contributed by atoms with Crippen LogP contribution in [0.1, 0.15) is 6.92 Å². The van der Waals surface area contributed by atoms with Crippen LogP contribution in [0.15, 0.2) is 33.9 Å². The summed E-state index contributed by atoms with van der Waals surface area (Å²) in [6.45, 7) is 1.68. The van der Waals surface area contributed by atoms with Gasteiger partial charge in [0, 0.05) is 10.6 Å². The van der Waals surface area contributed by atoms with E-state index in [0.29, 0.717) is 16.1 Å². The van der Waals surface area contributed by atoms with Crippen LogP contribution in [0.4, 0.5) is 0 Å². The summed E-state index contributed by atoms with van der Waals surface area (Å²) in [6.07, 6.45) is 0. The summed E-state index contributed by atoms with van der Waals surface area (Å²) in [7, 11) is 0. The molecule has 2 rings (SSSR count). The van der Waals surface area contributed by atoms with Crippen molar-refractivity contribution in [3.05, 3.63) is 29.3 Å². The fourth-order valence-electron chi connectivity index (χ4n) is 1.20. The van der Waals surface area contributed by atoms with Gasteiger partial charge < -0.3 is 10.2 Å². The molecule has 94 valence electrons. The molecule has 1 aromatic carbocycles. The molecule has 0 fully saturated rings. The van der Waals surface area contributed by atoms with Gasteiger partial charge >= 0.3 is 0 Å². The Hall–Kier alpha value is -1.53. The minimum atomic E-state index is -0.428. The zero-order valence-electron chi connectivity index (χ0n) is 9.46. The summed E-state index contributed by atoms with van der Waals surface area (Å²) < 4.78 is 5.42. The maximum atomic E-state index is 10.9. The molecule has 5 nitrogen and oxygen atoms in total. The van der Waals surface area contributed by atoms with Crippen molar-refractivity contribution in [2.45, 2.75) is 17.4 Å². The second-order valence-corrected chi connectivity index (χ2v) is 5.27. The normalized spacial score (nSPS) is 12.3. The maximum Gasteiger partial charge on any atom is 0.277 e. The average Bonchev–Trinajstić information content (AvgIpc) is 2.77. The molecule has 1 atom stereocenters. The van der Waals surface area contributed by atoms with Crippen LogP contribution in [0.3, 0.4) is 0 Å². The zero-order chi connectivity index (χ0) is 13.1. The highest BCUT2D eigenvalue weighted by Gasteiger charge is 2.16. The number of benzene rings is 1. The van der Waals surface area contributed by atoms with Gasteiger partial charge in [-0.25, -0.2) is 0 Å². The van der Waals surface area contributed by atoms with Crippen LogP contribution in [0.2, 0.25) is 5.02 Å². The monoisotopic (exact) mass is 283 g/mol. The van der Waals surface area contributed by atoms with Crippen LogP contribution in [0, 0.1) is 0 Å². The lowest BCUT2D eigenvalue weighted by Crippen LogP contribution is -2.22. The molecule has 0 unspecified atom stereocenters. The van der Waals surface area contributed by atoms with Gasteiger partial charge in [-0.3, -0.25) is 4.79 Å². The lowest BCUT2D eigenvalue weighted by atomic mass is 10.2. The quantitative estimate of drug-likeness (QED) is 0.871. The van der Waals surface area contributed by atoms with E-state index in [-0.39, 0.29) is 0 Å². The molecule has 1 amide bonds. The molecule has 0 radical (unpaired) electrons. The van der Waals surface area contributed by atoms with Crippen LogP contribution in [0.5, 0.6) is 0 Å². The molecule has 1 heterocycles.